The van der Waals surface area contributed by atoms with E-state index < -0.39 is 0 Å². The first-order valence-corrected chi connectivity index (χ1v) is 10.1. The van der Waals surface area contributed by atoms with Crippen molar-refractivity contribution in [1.82, 2.24) is 5.32 Å². The van der Waals surface area contributed by atoms with Gasteiger partial charge in [-0.1, -0.05) is 24.3 Å². The molecule has 1 aliphatic carbocycles. The maximum Gasteiger partial charge on any atom is 0.336 e. The Morgan fingerprint density at radius 3 is 2.82 bits per heavy atom. The SMILES string of the molecule is C=C(OC)C1C(C)NC(COCCN)=C(C(=O)OCC)[C@H]1C1=C(Cl)C=CCC1. The molecule has 6 nitrogen and oxygen atoms in total. The van der Waals surface area contributed by atoms with Crippen LogP contribution in [0.1, 0.15) is 26.7 Å². The van der Waals surface area contributed by atoms with Crippen LogP contribution >= 0.6 is 11.6 Å². The van der Waals surface area contributed by atoms with E-state index in [4.69, 9.17) is 31.5 Å². The van der Waals surface area contributed by atoms with Gasteiger partial charge in [0.15, 0.2) is 0 Å². The van der Waals surface area contributed by atoms with E-state index in [1.807, 2.05) is 19.1 Å². The van der Waals surface area contributed by atoms with Crippen LogP contribution in [0.15, 0.2) is 46.4 Å². The van der Waals surface area contributed by atoms with E-state index >= 15 is 0 Å². The number of methoxy groups -OCH3 is 1. The largest absolute Gasteiger partial charge is 0.501 e. The van der Waals surface area contributed by atoms with E-state index in [2.05, 4.69) is 11.9 Å². The summed E-state index contributed by atoms with van der Waals surface area (Å²) in [5, 5.41) is 4.06. The molecule has 2 rings (SSSR count). The number of allylic oxidation sites excluding steroid dienone is 4. The number of nitrogens with two attached hydrogens (primary N) is 1. The van der Waals surface area contributed by atoms with Crippen LogP contribution in [0.3, 0.4) is 0 Å². The summed E-state index contributed by atoms with van der Waals surface area (Å²) in [6.45, 7) is 9.26. The molecule has 3 atom stereocenters. The first-order valence-electron chi connectivity index (χ1n) is 9.68. The molecule has 1 aliphatic heterocycles. The molecule has 28 heavy (non-hydrogen) atoms. The topological polar surface area (TPSA) is 82.8 Å². The van der Waals surface area contributed by atoms with Crippen molar-refractivity contribution in [3.8, 4) is 0 Å². The standard InChI is InChI=1S/C21H31ClN2O4/c1-5-28-21(25)20-17(12-27-11-10-23)24-13(2)18(14(3)26-4)19(20)15-8-6-7-9-16(15)22/h7,9,13,18-19,24H,3,5-6,8,10-12,23H2,1-2,4H3/t13?,18?,19-/m0/s1. The maximum absolute atomic E-state index is 13.0. The second kappa shape index (κ2) is 10.7. The highest BCUT2D eigenvalue weighted by atomic mass is 35.5. The van der Waals surface area contributed by atoms with Gasteiger partial charge in [0.05, 0.1) is 38.3 Å². The third-order valence-corrected chi connectivity index (χ3v) is 5.47. The molecule has 3 N–H and O–H groups in total. The number of esters is 1. The van der Waals surface area contributed by atoms with Gasteiger partial charge in [-0.25, -0.2) is 4.79 Å². The fraction of sp³-hybridized carbons (Fsp3) is 0.571. The molecule has 0 saturated carbocycles. The number of carbonyl (C=O) groups is 1. The van der Waals surface area contributed by atoms with E-state index in [0.717, 1.165) is 18.4 Å². The van der Waals surface area contributed by atoms with Crippen LogP contribution in [-0.4, -0.2) is 45.5 Å². The van der Waals surface area contributed by atoms with Crippen molar-refractivity contribution in [1.29, 1.82) is 0 Å². The lowest BCUT2D eigenvalue weighted by Gasteiger charge is -2.42. The van der Waals surface area contributed by atoms with Gasteiger partial charge >= 0.3 is 5.97 Å². The van der Waals surface area contributed by atoms with Gasteiger partial charge in [-0.05, 0) is 38.3 Å². The number of ether oxygens (including phenoxy) is 3. The average Bonchev–Trinajstić information content (AvgIpc) is 2.67. The quantitative estimate of drug-likeness (QED) is 0.345. The lowest BCUT2D eigenvalue weighted by atomic mass is 9.71. The lowest BCUT2D eigenvalue weighted by Crippen LogP contribution is -2.48. The van der Waals surface area contributed by atoms with Crippen molar-refractivity contribution in [2.45, 2.75) is 32.7 Å². The summed E-state index contributed by atoms with van der Waals surface area (Å²) < 4.78 is 16.5. The fourth-order valence-electron chi connectivity index (χ4n) is 3.88. The van der Waals surface area contributed by atoms with Gasteiger partial charge in [0.25, 0.3) is 0 Å². The molecule has 0 spiro atoms. The Hall–Kier alpha value is -1.76. The minimum atomic E-state index is -0.376. The van der Waals surface area contributed by atoms with Crippen molar-refractivity contribution in [3.05, 3.63) is 46.4 Å². The molecule has 0 bridgehead atoms. The van der Waals surface area contributed by atoms with Gasteiger partial charge in [0, 0.05) is 35.2 Å². The first kappa shape index (κ1) is 22.5. The molecule has 2 aliphatic rings. The van der Waals surface area contributed by atoms with Crippen molar-refractivity contribution < 1.29 is 19.0 Å². The zero-order valence-corrected chi connectivity index (χ0v) is 17.7. The summed E-state index contributed by atoms with van der Waals surface area (Å²) in [5.41, 5.74) is 7.78. The van der Waals surface area contributed by atoms with Gasteiger partial charge in [0.2, 0.25) is 0 Å². The summed E-state index contributed by atoms with van der Waals surface area (Å²) in [6.07, 6.45) is 5.56. The van der Waals surface area contributed by atoms with Crippen LogP contribution in [0.25, 0.3) is 0 Å². The van der Waals surface area contributed by atoms with Crippen LogP contribution in [-0.2, 0) is 19.0 Å². The molecule has 0 amide bonds. The highest BCUT2D eigenvalue weighted by molar-refractivity contribution is 6.31. The molecule has 0 aromatic heterocycles. The Morgan fingerprint density at radius 2 is 2.21 bits per heavy atom. The van der Waals surface area contributed by atoms with Crippen LogP contribution in [0, 0.1) is 11.8 Å². The summed E-state index contributed by atoms with van der Waals surface area (Å²) in [6, 6.07) is -0.0324. The second-order valence-electron chi connectivity index (χ2n) is 6.88. The van der Waals surface area contributed by atoms with E-state index in [1.165, 1.54) is 0 Å². The van der Waals surface area contributed by atoms with E-state index in [1.54, 1.807) is 14.0 Å². The Bertz CT molecular complexity index is 684. The summed E-state index contributed by atoms with van der Waals surface area (Å²) in [4.78, 5) is 13.0. The monoisotopic (exact) mass is 410 g/mol. The van der Waals surface area contributed by atoms with Crippen molar-refractivity contribution in [2.24, 2.45) is 17.6 Å². The molecule has 1 heterocycles. The minimum absolute atomic E-state index is 0.0324. The van der Waals surface area contributed by atoms with Crippen LogP contribution in [0.5, 0.6) is 0 Å². The smallest absolute Gasteiger partial charge is 0.336 e. The molecular weight excluding hydrogens is 380 g/mol. The predicted octanol–water partition coefficient (Wildman–Crippen LogP) is 3.01. The van der Waals surface area contributed by atoms with Crippen LogP contribution in [0.4, 0.5) is 0 Å². The summed E-state index contributed by atoms with van der Waals surface area (Å²) in [5.74, 6) is -0.242. The number of halogens is 1. The zero-order valence-electron chi connectivity index (χ0n) is 16.9. The van der Waals surface area contributed by atoms with Crippen LogP contribution in [0.2, 0.25) is 0 Å². The molecule has 7 heteroatoms. The van der Waals surface area contributed by atoms with Crippen molar-refractivity contribution in [3.63, 3.8) is 0 Å². The van der Waals surface area contributed by atoms with Crippen molar-refractivity contribution >= 4 is 17.6 Å². The normalized spacial score (nSPS) is 24.8. The van der Waals surface area contributed by atoms with Gasteiger partial charge in [-0.15, -0.1) is 0 Å². The predicted molar refractivity (Wildman–Crippen MR) is 111 cm³/mol. The van der Waals surface area contributed by atoms with E-state index in [9.17, 15) is 4.79 Å². The summed E-state index contributed by atoms with van der Waals surface area (Å²) >= 11 is 6.58. The summed E-state index contributed by atoms with van der Waals surface area (Å²) in [7, 11) is 1.59. The van der Waals surface area contributed by atoms with Crippen molar-refractivity contribution in [2.75, 3.05) is 33.5 Å². The number of carbonyl (C=O) groups excluding carboxylic acids is 1. The molecule has 0 saturated heterocycles. The van der Waals surface area contributed by atoms with Gasteiger partial charge in [-0.3, -0.25) is 0 Å². The molecule has 0 aromatic carbocycles. The number of hydrogen-bond acceptors (Lipinski definition) is 6. The Labute approximate surface area is 172 Å². The van der Waals surface area contributed by atoms with Gasteiger partial charge in [0.1, 0.15) is 0 Å². The van der Waals surface area contributed by atoms with Crippen LogP contribution < -0.4 is 11.1 Å². The van der Waals surface area contributed by atoms with Gasteiger partial charge in [-0.2, -0.15) is 0 Å². The molecule has 0 aromatic rings. The highest BCUT2D eigenvalue weighted by Crippen LogP contribution is 2.44. The second-order valence-corrected chi connectivity index (χ2v) is 7.28. The maximum atomic E-state index is 13.0. The third kappa shape index (κ3) is 4.99. The third-order valence-electron chi connectivity index (χ3n) is 5.10. The Kier molecular flexibility index (Phi) is 8.60. The molecular formula is C21H31ClN2O4. The molecule has 0 radical (unpaired) electrons. The number of rotatable bonds is 9. The Balaban J connectivity index is 2.61. The van der Waals surface area contributed by atoms with E-state index in [-0.39, 0.29) is 37.1 Å². The zero-order chi connectivity index (χ0) is 20.7. The fourth-order valence-corrected chi connectivity index (χ4v) is 4.18. The number of nitrogens with one attached hydrogen (secondary N) is 1. The average molecular weight is 411 g/mol. The molecule has 156 valence electrons. The van der Waals surface area contributed by atoms with Gasteiger partial charge < -0.3 is 25.3 Å². The van der Waals surface area contributed by atoms with E-state index in [0.29, 0.717) is 35.2 Å². The number of hydrogen-bond donors (Lipinski definition) is 2. The first-order chi connectivity index (χ1) is 13.5. The lowest BCUT2D eigenvalue weighted by molar-refractivity contribution is -0.139. The minimum Gasteiger partial charge on any atom is -0.501 e. The Morgan fingerprint density at radius 1 is 1.46 bits per heavy atom. The highest BCUT2D eigenvalue weighted by Gasteiger charge is 2.44. The molecule has 2 unspecified atom stereocenters. The molecule has 0 fully saturated rings.